The van der Waals surface area contributed by atoms with Gasteiger partial charge in [-0.05, 0) is 51.9 Å². The van der Waals surface area contributed by atoms with Crippen LogP contribution < -0.4 is 5.46 Å². The second-order valence-corrected chi connectivity index (χ2v) is 6.32. The average Bonchev–Trinajstić information content (AvgIpc) is 2.73. The van der Waals surface area contributed by atoms with Crippen LogP contribution in [-0.2, 0) is 14.0 Å². The van der Waals surface area contributed by atoms with Gasteiger partial charge in [0.2, 0.25) is 0 Å². The summed E-state index contributed by atoms with van der Waals surface area (Å²) < 4.78 is 58.6. The van der Waals surface area contributed by atoms with E-state index < -0.39 is 37.0 Å². The lowest BCUT2D eigenvalue weighted by Crippen LogP contribution is -2.41. The van der Waals surface area contributed by atoms with Crippen LogP contribution in [0.25, 0.3) is 0 Å². The lowest BCUT2D eigenvalue weighted by Gasteiger charge is -2.32. The van der Waals surface area contributed by atoms with Crippen LogP contribution in [0.4, 0.5) is 0 Å². The van der Waals surface area contributed by atoms with Crippen molar-refractivity contribution >= 4 is 12.6 Å². The zero-order valence-electron chi connectivity index (χ0n) is 17.9. The number of rotatable bonds is 2. The zero-order valence-corrected chi connectivity index (χ0v) is 12.9. The lowest BCUT2D eigenvalue weighted by atomic mass is 9.78. The van der Waals surface area contributed by atoms with Gasteiger partial charge < -0.3 is 14.0 Å². The Bertz CT molecular complexity index is 681. The van der Waals surface area contributed by atoms with Crippen molar-refractivity contribution < 1.29 is 20.9 Å². The minimum absolute atomic E-state index is 0.142. The fourth-order valence-electron chi connectivity index (χ4n) is 2.27. The zero-order chi connectivity index (χ0) is 19.6. The number of hydrogen-bond donors (Lipinski definition) is 0. The molecule has 0 amide bonds. The third-order valence-corrected chi connectivity index (χ3v) is 4.28. The Balaban J connectivity index is 2.02. The van der Waals surface area contributed by atoms with E-state index in [4.69, 9.17) is 20.9 Å². The highest BCUT2D eigenvalue weighted by Crippen LogP contribution is 2.36. The molecule has 2 aliphatic heterocycles. The molecule has 5 heteroatoms. The first kappa shape index (κ1) is 9.98. The summed E-state index contributed by atoms with van der Waals surface area (Å²) in [6.07, 6.45) is -1.56. The van der Waals surface area contributed by atoms with Crippen LogP contribution >= 0.6 is 0 Å². The van der Waals surface area contributed by atoms with Crippen molar-refractivity contribution in [2.24, 2.45) is 0 Å². The van der Waals surface area contributed by atoms with E-state index in [9.17, 15) is 0 Å². The van der Waals surface area contributed by atoms with Gasteiger partial charge in [0.15, 0.2) is 0 Å². The first-order chi connectivity index (χ1) is 11.7. The molecule has 0 radical (unpaired) electrons. The average molecular weight is 294 g/mol. The molecule has 114 valence electrons. The van der Waals surface area contributed by atoms with Crippen LogP contribution in [0.5, 0.6) is 0 Å². The molecule has 0 aliphatic carbocycles. The summed E-state index contributed by atoms with van der Waals surface area (Å²) in [5.41, 5.74) is -0.420. The van der Waals surface area contributed by atoms with Gasteiger partial charge in [0.25, 0.3) is 0 Å². The summed E-state index contributed by atoms with van der Waals surface area (Å²) in [7, 11) is -0.715. The Morgan fingerprint density at radius 2 is 1.81 bits per heavy atom. The summed E-state index contributed by atoms with van der Waals surface area (Å²) in [5, 5.41) is 0. The predicted molar refractivity (Wildman–Crippen MR) is 82.7 cm³/mol. The summed E-state index contributed by atoms with van der Waals surface area (Å²) in [4.78, 5) is 4.12. The van der Waals surface area contributed by atoms with E-state index in [2.05, 4.69) is 4.98 Å². The van der Waals surface area contributed by atoms with Crippen LogP contribution in [0.15, 0.2) is 18.5 Å². The molecule has 3 heterocycles. The number of pyridine rings is 1. The van der Waals surface area contributed by atoms with Gasteiger partial charge in [-0.2, -0.15) is 0 Å². The Hall–Kier alpha value is -0.905. The molecule has 0 atom stereocenters. The van der Waals surface area contributed by atoms with Gasteiger partial charge in [0.05, 0.1) is 11.2 Å². The Kier molecular flexibility index (Phi) is 2.56. The van der Waals surface area contributed by atoms with Crippen molar-refractivity contribution in [3.8, 4) is 0 Å². The van der Waals surface area contributed by atoms with Crippen molar-refractivity contribution in [1.29, 1.82) is 0 Å². The van der Waals surface area contributed by atoms with E-state index in [1.807, 2.05) is 27.7 Å². The van der Waals surface area contributed by atoms with E-state index in [-0.39, 0.29) is 18.8 Å². The molecule has 2 saturated heterocycles. The van der Waals surface area contributed by atoms with Crippen molar-refractivity contribution in [3.05, 3.63) is 24.0 Å². The fourth-order valence-corrected chi connectivity index (χ4v) is 2.27. The minimum Gasteiger partial charge on any atom is -0.399 e. The molecule has 2 aliphatic rings. The maximum Gasteiger partial charge on any atom is 0.496 e. The third kappa shape index (κ3) is 2.87. The van der Waals surface area contributed by atoms with E-state index in [0.717, 1.165) is 0 Å². The summed E-state index contributed by atoms with van der Waals surface area (Å²) in [5.74, 6) is -2.16. The van der Waals surface area contributed by atoms with E-state index in [1.54, 1.807) is 12.3 Å². The molecule has 1 aromatic heterocycles. The van der Waals surface area contributed by atoms with Crippen LogP contribution in [0, 0.1) is 0 Å². The highest BCUT2D eigenvalue weighted by Gasteiger charge is 2.51. The molecule has 0 N–H and O–H groups in total. The van der Waals surface area contributed by atoms with Crippen molar-refractivity contribution in [2.75, 3.05) is 13.2 Å². The number of ether oxygens (including phenoxy) is 1. The quantitative estimate of drug-likeness (QED) is 0.785. The predicted octanol–water partition coefficient (Wildman–Crippen LogP) is 2.27. The van der Waals surface area contributed by atoms with Gasteiger partial charge >= 0.3 is 7.12 Å². The molecular weight excluding hydrogens is 265 g/mol. The molecule has 0 aromatic carbocycles. The highest BCUT2D eigenvalue weighted by molar-refractivity contribution is 6.62. The molecule has 3 rings (SSSR count). The molecule has 0 unspecified atom stereocenters. The molecule has 0 bridgehead atoms. The first-order valence-electron chi connectivity index (χ1n) is 9.62. The second kappa shape index (κ2) is 5.38. The van der Waals surface area contributed by atoms with E-state index in [0.29, 0.717) is 5.46 Å². The summed E-state index contributed by atoms with van der Waals surface area (Å²) in [6, 6.07) is 1.56. The Morgan fingerprint density at radius 3 is 2.43 bits per heavy atom. The normalized spacial score (nSPS) is 35.0. The molecule has 0 saturated carbocycles. The van der Waals surface area contributed by atoms with Crippen molar-refractivity contribution in [2.45, 2.75) is 57.5 Å². The largest absolute Gasteiger partial charge is 0.496 e. The molecule has 4 nitrogen and oxygen atoms in total. The topological polar surface area (TPSA) is 40.6 Å². The second-order valence-electron chi connectivity index (χ2n) is 6.32. The van der Waals surface area contributed by atoms with Gasteiger partial charge in [-0.15, -0.1) is 0 Å². The van der Waals surface area contributed by atoms with Crippen molar-refractivity contribution in [1.82, 2.24) is 4.98 Å². The monoisotopic (exact) mass is 294 g/mol. The smallest absolute Gasteiger partial charge is 0.399 e. The van der Waals surface area contributed by atoms with Crippen molar-refractivity contribution in [3.63, 3.8) is 0 Å². The van der Waals surface area contributed by atoms with E-state index in [1.165, 1.54) is 6.20 Å². The SMILES string of the molecule is [2H]C1([2H])COCC([2H])([2H])C1([2H])c1cncc(B2OC(C)(C)C(C)(C)O2)c1. The number of hydrogen-bond acceptors (Lipinski definition) is 4. The number of nitrogens with zero attached hydrogens (tertiary/aromatic N) is 1. The van der Waals surface area contributed by atoms with Crippen LogP contribution in [-0.4, -0.2) is 36.5 Å². The molecule has 2 fully saturated rings. The Morgan fingerprint density at radius 1 is 1.19 bits per heavy atom. The third-order valence-electron chi connectivity index (χ3n) is 4.28. The van der Waals surface area contributed by atoms with Gasteiger partial charge in [-0.25, -0.2) is 0 Å². The fraction of sp³-hybridized carbons (Fsp3) is 0.688. The summed E-state index contributed by atoms with van der Waals surface area (Å²) in [6.45, 7) is 6.99. The van der Waals surface area contributed by atoms with Gasteiger partial charge in [0.1, 0.15) is 0 Å². The molecule has 1 aromatic rings. The Labute approximate surface area is 134 Å². The molecule has 21 heavy (non-hydrogen) atoms. The van der Waals surface area contributed by atoms with Crippen LogP contribution in [0.1, 0.15) is 58.8 Å². The highest BCUT2D eigenvalue weighted by atomic mass is 16.7. The molecule has 0 spiro atoms. The standard InChI is InChI=1S/C16H24BNO3/c1-15(2)16(3,4)21-17(20-15)14-9-13(10-18-11-14)12-5-7-19-8-6-12/h9-12H,5-8H2,1-4H3/i5D2,6D2,12D. The maximum absolute atomic E-state index is 8.74. The van der Waals surface area contributed by atoms with Gasteiger partial charge in [-0.1, -0.05) is 6.07 Å². The number of aromatic nitrogens is 1. The molecular formula is C16H24BNO3. The van der Waals surface area contributed by atoms with Crippen LogP contribution in [0.2, 0.25) is 0 Å². The summed E-state index contributed by atoms with van der Waals surface area (Å²) >= 11 is 0. The van der Waals surface area contributed by atoms with Gasteiger partial charge in [-0.3, -0.25) is 4.98 Å². The minimum atomic E-state index is -2.22. The first-order valence-corrected chi connectivity index (χ1v) is 7.12. The van der Waals surface area contributed by atoms with E-state index >= 15 is 0 Å². The lowest BCUT2D eigenvalue weighted by molar-refractivity contribution is 0.00578. The van der Waals surface area contributed by atoms with Gasteiger partial charge in [0, 0.05) is 37.9 Å². The maximum atomic E-state index is 8.74. The van der Waals surface area contributed by atoms with Crippen LogP contribution in [0.3, 0.4) is 0 Å².